The Hall–Kier alpha value is -2.60. The van der Waals surface area contributed by atoms with E-state index in [1.807, 2.05) is 11.8 Å². The minimum atomic E-state index is -0.179. The van der Waals surface area contributed by atoms with E-state index in [2.05, 4.69) is 86.7 Å². The molecule has 0 spiro atoms. The molecule has 0 saturated heterocycles. The van der Waals surface area contributed by atoms with Gasteiger partial charge in [0.15, 0.2) is 0 Å². The monoisotopic (exact) mass is 434 g/mol. The first-order valence-electron chi connectivity index (χ1n) is 10.8. The van der Waals surface area contributed by atoms with Gasteiger partial charge in [-0.2, -0.15) is 9.36 Å². The lowest BCUT2D eigenvalue weighted by Gasteiger charge is -2.32. The third-order valence-electron chi connectivity index (χ3n) is 6.21. The van der Waals surface area contributed by atoms with Gasteiger partial charge >= 0.3 is 5.69 Å². The molecule has 31 heavy (non-hydrogen) atoms. The standard InChI is InChI=1S/C25H30N4OS/c1-16-6-8-20(9-7-16)21-10-11-24(19(4)14-21)31-15-22-18(3)12-17(2)13-23(22)29-25(30)28(5)26-27-29/h6-11,13-14,17-18,22H,12,15H2,1-5H3. The number of hydrogen-bond acceptors (Lipinski definition) is 4. The van der Waals surface area contributed by atoms with Crippen molar-refractivity contribution < 1.29 is 0 Å². The fourth-order valence-electron chi connectivity index (χ4n) is 4.39. The van der Waals surface area contributed by atoms with Gasteiger partial charge in [-0.3, -0.25) is 0 Å². The van der Waals surface area contributed by atoms with Crippen LogP contribution >= 0.6 is 11.8 Å². The Morgan fingerprint density at radius 3 is 2.39 bits per heavy atom. The van der Waals surface area contributed by atoms with Crippen LogP contribution in [-0.2, 0) is 7.05 Å². The highest BCUT2D eigenvalue weighted by atomic mass is 32.2. The zero-order valence-corrected chi connectivity index (χ0v) is 19.7. The van der Waals surface area contributed by atoms with Crippen molar-refractivity contribution in [1.29, 1.82) is 0 Å². The maximum atomic E-state index is 12.5. The second-order valence-electron chi connectivity index (χ2n) is 8.84. The summed E-state index contributed by atoms with van der Waals surface area (Å²) in [5.41, 5.74) is 5.85. The summed E-state index contributed by atoms with van der Waals surface area (Å²) in [4.78, 5) is 13.8. The predicted octanol–water partition coefficient (Wildman–Crippen LogP) is 5.19. The van der Waals surface area contributed by atoms with Gasteiger partial charge < -0.3 is 0 Å². The van der Waals surface area contributed by atoms with Gasteiger partial charge in [0.05, 0.1) is 0 Å². The number of rotatable bonds is 5. The van der Waals surface area contributed by atoms with E-state index in [4.69, 9.17) is 0 Å². The zero-order valence-electron chi connectivity index (χ0n) is 18.9. The van der Waals surface area contributed by atoms with Crippen molar-refractivity contribution >= 4 is 17.5 Å². The van der Waals surface area contributed by atoms with Crippen LogP contribution in [-0.4, -0.2) is 25.5 Å². The first-order valence-corrected chi connectivity index (χ1v) is 11.8. The van der Waals surface area contributed by atoms with Gasteiger partial charge in [0, 0.05) is 29.3 Å². The van der Waals surface area contributed by atoms with E-state index in [-0.39, 0.29) is 11.6 Å². The van der Waals surface area contributed by atoms with Gasteiger partial charge in [-0.15, -0.1) is 11.8 Å². The van der Waals surface area contributed by atoms with Crippen molar-refractivity contribution in [2.24, 2.45) is 24.8 Å². The minimum absolute atomic E-state index is 0.179. The summed E-state index contributed by atoms with van der Waals surface area (Å²) in [6.07, 6.45) is 3.32. The van der Waals surface area contributed by atoms with Crippen LogP contribution in [0.25, 0.3) is 16.8 Å². The molecule has 2 aromatic carbocycles. The molecule has 0 amide bonds. The molecule has 0 aliphatic heterocycles. The van der Waals surface area contributed by atoms with Gasteiger partial charge in [0.2, 0.25) is 0 Å². The molecule has 1 heterocycles. The summed E-state index contributed by atoms with van der Waals surface area (Å²) in [7, 11) is 1.64. The first-order chi connectivity index (χ1) is 14.8. The summed E-state index contributed by atoms with van der Waals surface area (Å²) >= 11 is 1.86. The SMILES string of the molecule is Cc1ccc(-c2ccc(SCC3C(n4nnn(C)c4=O)=CC(C)CC3C)c(C)c2)cc1. The molecule has 162 valence electrons. The van der Waals surface area contributed by atoms with Gasteiger partial charge in [0.25, 0.3) is 0 Å². The lowest BCUT2D eigenvalue weighted by molar-refractivity contribution is 0.365. The average Bonchev–Trinajstić information content (AvgIpc) is 3.06. The fourth-order valence-corrected chi connectivity index (χ4v) is 5.70. The molecule has 1 aliphatic rings. The molecule has 0 radical (unpaired) electrons. The molecule has 5 nitrogen and oxygen atoms in total. The van der Waals surface area contributed by atoms with Crippen LogP contribution in [0.1, 0.15) is 31.4 Å². The maximum Gasteiger partial charge on any atom is 0.367 e. The second-order valence-corrected chi connectivity index (χ2v) is 9.90. The normalized spacial score (nSPS) is 21.2. The molecular formula is C25H30N4OS. The number of nitrogens with zero attached hydrogens (tertiary/aromatic N) is 4. The van der Waals surface area contributed by atoms with E-state index >= 15 is 0 Å². The number of benzene rings is 2. The van der Waals surface area contributed by atoms with E-state index in [1.54, 1.807) is 7.05 Å². The van der Waals surface area contributed by atoms with Crippen molar-refractivity contribution in [3.8, 4) is 11.1 Å². The number of hydrogen-bond donors (Lipinski definition) is 0. The molecule has 0 fully saturated rings. The Kier molecular flexibility index (Phi) is 6.19. The van der Waals surface area contributed by atoms with Gasteiger partial charge in [-0.05, 0) is 65.3 Å². The molecular weight excluding hydrogens is 404 g/mol. The number of tetrazole rings is 1. The van der Waals surface area contributed by atoms with E-state index in [0.717, 1.165) is 17.9 Å². The van der Waals surface area contributed by atoms with E-state index in [1.165, 1.54) is 36.5 Å². The van der Waals surface area contributed by atoms with Crippen LogP contribution in [0.2, 0.25) is 0 Å². The maximum absolute atomic E-state index is 12.5. The van der Waals surface area contributed by atoms with Gasteiger partial charge in [-0.25, -0.2) is 4.79 Å². The first kappa shape index (κ1) is 21.6. The number of allylic oxidation sites excluding steroid dienone is 2. The Bertz CT molecular complexity index is 1160. The van der Waals surface area contributed by atoms with Crippen LogP contribution in [0, 0.1) is 31.6 Å². The van der Waals surface area contributed by atoms with Crippen LogP contribution in [0.4, 0.5) is 0 Å². The quantitative estimate of drug-likeness (QED) is 0.519. The summed E-state index contributed by atoms with van der Waals surface area (Å²) in [5.74, 6) is 2.07. The summed E-state index contributed by atoms with van der Waals surface area (Å²) in [5, 5.41) is 8.04. The minimum Gasteiger partial charge on any atom is -0.244 e. The van der Waals surface area contributed by atoms with Gasteiger partial charge in [-0.1, -0.05) is 61.9 Å². The highest BCUT2D eigenvalue weighted by molar-refractivity contribution is 7.99. The topological polar surface area (TPSA) is 52.7 Å². The Balaban J connectivity index is 1.55. The van der Waals surface area contributed by atoms with Crippen LogP contribution in [0.3, 0.4) is 0 Å². The molecule has 0 saturated carbocycles. The zero-order chi connectivity index (χ0) is 22.1. The van der Waals surface area contributed by atoms with Crippen molar-refractivity contribution in [3.63, 3.8) is 0 Å². The van der Waals surface area contributed by atoms with E-state index in [9.17, 15) is 4.79 Å². The molecule has 0 bridgehead atoms. The molecule has 1 aromatic heterocycles. The molecule has 3 unspecified atom stereocenters. The van der Waals surface area contributed by atoms with Crippen molar-refractivity contribution in [2.75, 3.05) is 5.75 Å². The predicted molar refractivity (Wildman–Crippen MR) is 128 cm³/mol. The number of aryl methyl sites for hydroxylation is 3. The molecule has 3 aromatic rings. The lowest BCUT2D eigenvalue weighted by atomic mass is 9.79. The lowest BCUT2D eigenvalue weighted by Crippen LogP contribution is -2.32. The smallest absolute Gasteiger partial charge is 0.244 e. The number of thioether (sulfide) groups is 1. The summed E-state index contributed by atoms with van der Waals surface area (Å²) in [6, 6.07) is 15.4. The molecule has 3 atom stereocenters. The van der Waals surface area contributed by atoms with E-state index < -0.39 is 0 Å². The molecule has 6 heteroatoms. The van der Waals surface area contributed by atoms with Gasteiger partial charge in [0.1, 0.15) is 0 Å². The average molecular weight is 435 g/mol. The largest absolute Gasteiger partial charge is 0.367 e. The summed E-state index contributed by atoms with van der Waals surface area (Å²) in [6.45, 7) is 8.77. The Morgan fingerprint density at radius 1 is 1.03 bits per heavy atom. The van der Waals surface area contributed by atoms with Crippen LogP contribution in [0.5, 0.6) is 0 Å². The van der Waals surface area contributed by atoms with E-state index in [0.29, 0.717) is 11.8 Å². The molecule has 0 N–H and O–H groups in total. The fraction of sp³-hybridized carbons (Fsp3) is 0.400. The van der Waals surface area contributed by atoms with Crippen molar-refractivity contribution in [2.45, 2.75) is 39.0 Å². The Morgan fingerprint density at radius 2 is 1.74 bits per heavy atom. The summed E-state index contributed by atoms with van der Waals surface area (Å²) < 4.78 is 2.79. The highest BCUT2D eigenvalue weighted by Gasteiger charge is 2.31. The molecule has 4 rings (SSSR count). The second kappa shape index (κ2) is 8.87. The number of aromatic nitrogens is 4. The van der Waals surface area contributed by atoms with Crippen molar-refractivity contribution in [1.82, 2.24) is 19.8 Å². The Labute approximate surface area is 188 Å². The van der Waals surface area contributed by atoms with Crippen LogP contribution in [0.15, 0.2) is 58.2 Å². The third kappa shape index (κ3) is 4.54. The highest BCUT2D eigenvalue weighted by Crippen LogP contribution is 2.39. The third-order valence-corrected chi connectivity index (χ3v) is 7.50. The molecule has 1 aliphatic carbocycles. The van der Waals surface area contributed by atoms with Crippen molar-refractivity contribution in [3.05, 3.63) is 70.2 Å². The van der Waals surface area contributed by atoms with Crippen LogP contribution < -0.4 is 5.69 Å².